The summed E-state index contributed by atoms with van der Waals surface area (Å²) < 4.78 is 6.82. The van der Waals surface area contributed by atoms with Crippen LogP contribution in [0.3, 0.4) is 0 Å². The lowest BCUT2D eigenvalue weighted by Crippen LogP contribution is -2.19. The zero-order valence-electron chi connectivity index (χ0n) is 9.03. The highest BCUT2D eigenvalue weighted by molar-refractivity contribution is 5.01. The normalized spacial score (nSPS) is 13.1. The van der Waals surface area contributed by atoms with Crippen LogP contribution in [-0.2, 0) is 11.8 Å². The van der Waals surface area contributed by atoms with Crippen molar-refractivity contribution in [3.63, 3.8) is 0 Å². The molecule has 1 rings (SSSR count). The Balaban J connectivity index is 2.50. The molecule has 0 aliphatic rings. The maximum atomic E-state index is 5.02. The topological polar surface area (TPSA) is 52.0 Å². The zero-order valence-corrected chi connectivity index (χ0v) is 9.03. The van der Waals surface area contributed by atoms with Crippen LogP contribution in [0.15, 0.2) is 6.20 Å². The Morgan fingerprint density at radius 2 is 2.43 bits per heavy atom. The second-order valence-electron chi connectivity index (χ2n) is 3.26. The molecule has 5 nitrogen and oxygen atoms in total. The molecule has 5 heteroatoms. The van der Waals surface area contributed by atoms with Gasteiger partial charge in [-0.25, -0.2) is 0 Å². The van der Waals surface area contributed by atoms with Gasteiger partial charge in [-0.3, -0.25) is 4.68 Å². The molecule has 1 unspecified atom stereocenters. The maximum absolute atomic E-state index is 5.02. The fourth-order valence-corrected chi connectivity index (χ4v) is 1.49. The minimum atomic E-state index is 0.310. The molecule has 1 atom stereocenters. The van der Waals surface area contributed by atoms with Gasteiger partial charge in [-0.1, -0.05) is 5.21 Å². The molecule has 0 amide bonds. The van der Waals surface area contributed by atoms with Crippen LogP contribution in [-0.4, -0.2) is 35.8 Å². The third-order valence-electron chi connectivity index (χ3n) is 2.30. The Morgan fingerprint density at radius 3 is 2.93 bits per heavy atom. The molecule has 0 aliphatic heterocycles. The molecule has 1 aromatic heterocycles. The van der Waals surface area contributed by atoms with Gasteiger partial charge in [-0.05, 0) is 19.9 Å². The first-order valence-corrected chi connectivity index (χ1v) is 4.80. The van der Waals surface area contributed by atoms with E-state index in [9.17, 15) is 0 Å². The number of rotatable bonds is 6. The van der Waals surface area contributed by atoms with Gasteiger partial charge in [0.25, 0.3) is 0 Å². The zero-order chi connectivity index (χ0) is 10.4. The lowest BCUT2D eigenvalue weighted by Gasteiger charge is -2.15. The average molecular weight is 198 g/mol. The Labute approximate surface area is 84.4 Å². The Hall–Kier alpha value is -0.940. The summed E-state index contributed by atoms with van der Waals surface area (Å²) in [5.41, 5.74) is 1.11. The standard InChI is InChI=1S/C9H18N4O/c1-10-8(5-4-6-14-3)9-7-11-12-13(9)2/h7-8,10H,4-6H2,1-3H3. The SMILES string of the molecule is CNC(CCCOC)c1cnnn1C. The predicted molar refractivity (Wildman–Crippen MR) is 53.9 cm³/mol. The largest absolute Gasteiger partial charge is 0.385 e. The van der Waals surface area contributed by atoms with Gasteiger partial charge in [0.1, 0.15) is 0 Å². The summed E-state index contributed by atoms with van der Waals surface area (Å²) in [4.78, 5) is 0. The van der Waals surface area contributed by atoms with Crippen LogP contribution in [0.1, 0.15) is 24.6 Å². The van der Waals surface area contributed by atoms with E-state index in [1.54, 1.807) is 18.0 Å². The molecule has 14 heavy (non-hydrogen) atoms. The molecule has 1 aromatic rings. The van der Waals surface area contributed by atoms with Gasteiger partial charge in [0.15, 0.2) is 0 Å². The molecule has 0 bridgehead atoms. The van der Waals surface area contributed by atoms with Gasteiger partial charge in [0.05, 0.1) is 17.9 Å². The molecule has 0 aliphatic carbocycles. The Morgan fingerprint density at radius 1 is 1.64 bits per heavy atom. The summed E-state index contributed by atoms with van der Waals surface area (Å²) in [7, 11) is 5.58. The molecular weight excluding hydrogens is 180 g/mol. The minimum Gasteiger partial charge on any atom is -0.385 e. The van der Waals surface area contributed by atoms with Crippen molar-refractivity contribution in [3.8, 4) is 0 Å². The van der Waals surface area contributed by atoms with Crippen LogP contribution in [0.5, 0.6) is 0 Å². The number of methoxy groups -OCH3 is 1. The van der Waals surface area contributed by atoms with Crippen molar-refractivity contribution in [3.05, 3.63) is 11.9 Å². The van der Waals surface area contributed by atoms with E-state index in [0.717, 1.165) is 25.1 Å². The van der Waals surface area contributed by atoms with Gasteiger partial charge in [-0.15, -0.1) is 5.10 Å². The van der Waals surface area contributed by atoms with E-state index in [0.29, 0.717) is 6.04 Å². The van der Waals surface area contributed by atoms with Crippen LogP contribution in [0.25, 0.3) is 0 Å². The van der Waals surface area contributed by atoms with Crippen molar-refractivity contribution in [1.82, 2.24) is 20.3 Å². The first kappa shape index (κ1) is 11.1. The summed E-state index contributed by atoms with van der Waals surface area (Å²) in [5.74, 6) is 0. The highest BCUT2D eigenvalue weighted by Gasteiger charge is 2.12. The molecule has 0 spiro atoms. The van der Waals surface area contributed by atoms with Crippen molar-refractivity contribution >= 4 is 0 Å². The highest BCUT2D eigenvalue weighted by atomic mass is 16.5. The van der Waals surface area contributed by atoms with Crippen molar-refractivity contribution in [2.24, 2.45) is 7.05 Å². The van der Waals surface area contributed by atoms with E-state index >= 15 is 0 Å². The number of aromatic nitrogens is 3. The number of nitrogens with one attached hydrogen (secondary N) is 1. The summed E-state index contributed by atoms with van der Waals surface area (Å²) in [6.07, 6.45) is 3.87. The molecule has 0 radical (unpaired) electrons. The quantitative estimate of drug-likeness (QED) is 0.676. The lowest BCUT2D eigenvalue weighted by atomic mass is 10.1. The van der Waals surface area contributed by atoms with Gasteiger partial charge >= 0.3 is 0 Å². The molecule has 0 fully saturated rings. The molecule has 1 heterocycles. The highest BCUT2D eigenvalue weighted by Crippen LogP contribution is 2.15. The van der Waals surface area contributed by atoms with Crippen LogP contribution >= 0.6 is 0 Å². The number of nitrogens with zero attached hydrogens (tertiary/aromatic N) is 3. The number of aryl methyl sites for hydroxylation is 1. The molecule has 80 valence electrons. The summed E-state index contributed by atoms with van der Waals surface area (Å²) in [5, 5.41) is 11.0. The van der Waals surface area contributed by atoms with Crippen molar-refractivity contribution in [1.29, 1.82) is 0 Å². The first-order valence-electron chi connectivity index (χ1n) is 4.80. The van der Waals surface area contributed by atoms with Crippen molar-refractivity contribution in [2.45, 2.75) is 18.9 Å². The lowest BCUT2D eigenvalue weighted by molar-refractivity contribution is 0.189. The molecule has 0 aromatic carbocycles. The van der Waals surface area contributed by atoms with Gasteiger partial charge in [0.2, 0.25) is 0 Å². The fraction of sp³-hybridized carbons (Fsp3) is 0.778. The third kappa shape index (κ3) is 2.78. The van der Waals surface area contributed by atoms with E-state index in [-0.39, 0.29) is 0 Å². The summed E-state index contributed by atoms with van der Waals surface area (Å²) in [6, 6.07) is 0.310. The molecule has 0 saturated carbocycles. The van der Waals surface area contributed by atoms with Crippen LogP contribution in [0.4, 0.5) is 0 Å². The Kier molecular flexibility index (Phi) is 4.55. The second-order valence-corrected chi connectivity index (χ2v) is 3.26. The second kappa shape index (κ2) is 5.72. The fourth-order valence-electron chi connectivity index (χ4n) is 1.49. The van der Waals surface area contributed by atoms with Crippen LogP contribution < -0.4 is 5.32 Å². The minimum absolute atomic E-state index is 0.310. The van der Waals surface area contributed by atoms with E-state index in [4.69, 9.17) is 4.74 Å². The number of hydrogen-bond acceptors (Lipinski definition) is 4. The van der Waals surface area contributed by atoms with E-state index < -0.39 is 0 Å². The van der Waals surface area contributed by atoms with Crippen LogP contribution in [0, 0.1) is 0 Å². The van der Waals surface area contributed by atoms with E-state index in [1.807, 2.05) is 14.1 Å². The molecule has 1 N–H and O–H groups in total. The van der Waals surface area contributed by atoms with Crippen molar-refractivity contribution in [2.75, 3.05) is 20.8 Å². The van der Waals surface area contributed by atoms with Gasteiger partial charge < -0.3 is 10.1 Å². The predicted octanol–water partition coefficient (Wildman–Crippen LogP) is 0.502. The van der Waals surface area contributed by atoms with Crippen molar-refractivity contribution < 1.29 is 4.74 Å². The number of hydrogen-bond donors (Lipinski definition) is 1. The monoisotopic (exact) mass is 198 g/mol. The average Bonchev–Trinajstić information content (AvgIpc) is 2.60. The number of ether oxygens (including phenoxy) is 1. The Bertz CT molecular complexity index is 261. The van der Waals surface area contributed by atoms with Gasteiger partial charge in [0, 0.05) is 20.8 Å². The molecular formula is C9H18N4O. The van der Waals surface area contributed by atoms with E-state index in [2.05, 4.69) is 15.6 Å². The molecule has 0 saturated heterocycles. The summed E-state index contributed by atoms with van der Waals surface area (Å²) >= 11 is 0. The van der Waals surface area contributed by atoms with Gasteiger partial charge in [-0.2, -0.15) is 0 Å². The maximum Gasteiger partial charge on any atom is 0.0753 e. The smallest absolute Gasteiger partial charge is 0.0753 e. The first-order chi connectivity index (χ1) is 6.79. The summed E-state index contributed by atoms with van der Waals surface area (Å²) in [6.45, 7) is 0.795. The van der Waals surface area contributed by atoms with E-state index in [1.165, 1.54) is 0 Å². The van der Waals surface area contributed by atoms with Crippen LogP contribution in [0.2, 0.25) is 0 Å². The third-order valence-corrected chi connectivity index (χ3v) is 2.30.